The molecule has 1 aliphatic rings. The van der Waals surface area contributed by atoms with Gasteiger partial charge in [0, 0.05) is 22.2 Å². The van der Waals surface area contributed by atoms with Crippen molar-refractivity contribution in [3.63, 3.8) is 0 Å². The quantitative estimate of drug-likeness (QED) is 0.652. The van der Waals surface area contributed by atoms with Crippen molar-refractivity contribution in [3.05, 3.63) is 63.5 Å². The third kappa shape index (κ3) is 2.13. The van der Waals surface area contributed by atoms with E-state index in [9.17, 15) is 0 Å². The molecule has 0 spiro atoms. The van der Waals surface area contributed by atoms with E-state index in [4.69, 9.17) is 21.3 Å². The highest BCUT2D eigenvalue weighted by Crippen LogP contribution is 2.38. The molecule has 4 heteroatoms. The van der Waals surface area contributed by atoms with E-state index < -0.39 is 0 Å². The van der Waals surface area contributed by atoms with Gasteiger partial charge in [-0.1, -0.05) is 29.8 Å². The summed E-state index contributed by atoms with van der Waals surface area (Å²) in [5.41, 5.74) is 3.45. The molecule has 3 aromatic rings. The summed E-state index contributed by atoms with van der Waals surface area (Å²) in [5.74, 6) is 0.891. The number of fused-ring (bicyclic) bond motifs is 2. The third-order valence-electron chi connectivity index (χ3n) is 3.97. The van der Waals surface area contributed by atoms with Crippen LogP contribution in [0, 0.1) is 0 Å². The van der Waals surface area contributed by atoms with Crippen LogP contribution in [0.15, 0.2) is 47.5 Å². The maximum Gasteiger partial charge on any atom is 0.119 e. The second-order valence-electron chi connectivity index (χ2n) is 5.24. The van der Waals surface area contributed by atoms with Crippen LogP contribution < -0.4 is 4.74 Å². The van der Waals surface area contributed by atoms with Crippen LogP contribution in [0.25, 0.3) is 10.1 Å². The summed E-state index contributed by atoms with van der Waals surface area (Å²) in [4.78, 5) is 5.82. The predicted molar refractivity (Wildman–Crippen MR) is 94.0 cm³/mol. The van der Waals surface area contributed by atoms with Crippen LogP contribution >= 0.6 is 22.9 Å². The Morgan fingerprint density at radius 1 is 1.18 bits per heavy atom. The van der Waals surface area contributed by atoms with Crippen LogP contribution in [0.4, 0.5) is 0 Å². The third-order valence-corrected chi connectivity index (χ3v) is 5.65. The van der Waals surface area contributed by atoms with Gasteiger partial charge in [-0.2, -0.15) is 0 Å². The largest absolute Gasteiger partial charge is 0.497 e. The number of halogens is 1. The molecule has 0 atom stereocenters. The maximum absolute atomic E-state index is 6.62. The number of hydrogen-bond acceptors (Lipinski definition) is 3. The van der Waals surface area contributed by atoms with Gasteiger partial charge in [-0.3, -0.25) is 4.99 Å². The Balaban J connectivity index is 1.89. The minimum atomic E-state index is 0.792. The van der Waals surface area contributed by atoms with Crippen LogP contribution in [0.5, 0.6) is 5.75 Å². The van der Waals surface area contributed by atoms with E-state index in [0.29, 0.717) is 0 Å². The summed E-state index contributed by atoms with van der Waals surface area (Å²) in [6.45, 7) is 0.792. The fourth-order valence-electron chi connectivity index (χ4n) is 2.87. The van der Waals surface area contributed by atoms with E-state index >= 15 is 0 Å². The van der Waals surface area contributed by atoms with E-state index in [-0.39, 0.29) is 0 Å². The Bertz CT molecular complexity index is 897. The molecule has 110 valence electrons. The molecule has 0 N–H and O–H groups in total. The van der Waals surface area contributed by atoms with E-state index in [1.54, 1.807) is 18.4 Å². The van der Waals surface area contributed by atoms with Gasteiger partial charge in [-0.15, -0.1) is 11.3 Å². The molecule has 2 heterocycles. The summed E-state index contributed by atoms with van der Waals surface area (Å²) >= 11 is 8.33. The van der Waals surface area contributed by atoms with Gasteiger partial charge in [0.25, 0.3) is 0 Å². The predicted octanol–water partition coefficient (Wildman–Crippen LogP) is 4.96. The molecule has 1 aliphatic heterocycles. The number of benzene rings is 2. The molecule has 2 nitrogen and oxygen atoms in total. The molecule has 0 bridgehead atoms. The molecule has 0 amide bonds. The molecule has 0 aliphatic carbocycles. The lowest BCUT2D eigenvalue weighted by molar-refractivity contribution is 0.414. The van der Waals surface area contributed by atoms with Crippen LogP contribution in [0.2, 0.25) is 5.02 Å². The average Bonchev–Trinajstić information content (AvgIpc) is 2.91. The molecule has 4 rings (SSSR count). The first kappa shape index (κ1) is 13.8. The molecule has 0 saturated heterocycles. The van der Waals surface area contributed by atoms with Gasteiger partial charge < -0.3 is 4.74 Å². The minimum Gasteiger partial charge on any atom is -0.497 e. The lowest BCUT2D eigenvalue weighted by atomic mass is 9.96. The van der Waals surface area contributed by atoms with Gasteiger partial charge >= 0.3 is 0 Å². The normalized spacial score (nSPS) is 13.8. The second-order valence-corrected chi connectivity index (χ2v) is 6.67. The monoisotopic (exact) mass is 327 g/mol. The van der Waals surface area contributed by atoms with Crippen molar-refractivity contribution >= 4 is 38.7 Å². The number of aliphatic imine (C=N–C) groups is 1. The van der Waals surface area contributed by atoms with Crippen LogP contribution in [-0.2, 0) is 6.42 Å². The van der Waals surface area contributed by atoms with Gasteiger partial charge in [0.1, 0.15) is 5.75 Å². The summed E-state index contributed by atoms with van der Waals surface area (Å²) in [7, 11) is 1.70. The number of thiophene rings is 1. The molecule has 0 unspecified atom stereocenters. The lowest BCUT2D eigenvalue weighted by Crippen LogP contribution is -2.13. The van der Waals surface area contributed by atoms with E-state index in [1.807, 2.05) is 18.2 Å². The zero-order chi connectivity index (χ0) is 15.1. The fraction of sp³-hybridized carbons (Fsp3) is 0.167. The smallest absolute Gasteiger partial charge is 0.119 e. The summed E-state index contributed by atoms with van der Waals surface area (Å²) < 4.78 is 6.53. The van der Waals surface area contributed by atoms with Gasteiger partial charge in [-0.25, -0.2) is 0 Å². The van der Waals surface area contributed by atoms with Gasteiger partial charge in [0.05, 0.1) is 22.7 Å². The van der Waals surface area contributed by atoms with Gasteiger partial charge in [-0.05, 0) is 36.2 Å². The Hall–Kier alpha value is -1.84. The molecule has 2 aromatic carbocycles. The molecule has 22 heavy (non-hydrogen) atoms. The number of ether oxygens (including phenoxy) is 1. The first-order valence-corrected chi connectivity index (χ1v) is 8.36. The standard InChI is InChI=1S/C18H14ClNOS/c1-21-12-6-7-13-11(10-12)8-9-20-17(13)18-16(19)14-4-2-3-5-15(14)22-18/h2-7,10H,8-9H2,1H3. The molecule has 0 radical (unpaired) electrons. The van der Waals surface area contributed by atoms with Crippen molar-refractivity contribution < 1.29 is 4.74 Å². The Morgan fingerprint density at radius 3 is 2.86 bits per heavy atom. The maximum atomic E-state index is 6.62. The zero-order valence-corrected chi connectivity index (χ0v) is 13.7. The summed E-state index contributed by atoms with van der Waals surface area (Å²) in [6.07, 6.45) is 0.943. The molecular weight excluding hydrogens is 314 g/mol. The Kier molecular flexibility index (Phi) is 3.40. The highest BCUT2D eigenvalue weighted by Gasteiger charge is 2.21. The minimum absolute atomic E-state index is 0.792. The van der Waals surface area contributed by atoms with Crippen LogP contribution in [-0.4, -0.2) is 19.4 Å². The first-order chi connectivity index (χ1) is 10.8. The number of hydrogen-bond donors (Lipinski definition) is 0. The number of nitrogens with zero attached hydrogens (tertiary/aromatic N) is 1. The first-order valence-electron chi connectivity index (χ1n) is 7.17. The van der Waals surface area contributed by atoms with Gasteiger partial charge in [0.2, 0.25) is 0 Å². The molecule has 0 fully saturated rings. The van der Waals surface area contributed by atoms with E-state index in [1.165, 1.54) is 15.8 Å². The van der Waals surface area contributed by atoms with E-state index in [2.05, 4.69) is 24.3 Å². The Morgan fingerprint density at radius 2 is 2.05 bits per heavy atom. The van der Waals surface area contributed by atoms with Crippen LogP contribution in [0.1, 0.15) is 16.0 Å². The average molecular weight is 328 g/mol. The number of methoxy groups -OCH3 is 1. The van der Waals surface area contributed by atoms with Crippen molar-refractivity contribution in [2.75, 3.05) is 13.7 Å². The van der Waals surface area contributed by atoms with Crippen molar-refractivity contribution in [1.82, 2.24) is 0 Å². The lowest BCUT2D eigenvalue weighted by Gasteiger charge is -2.17. The topological polar surface area (TPSA) is 21.6 Å². The fourth-order valence-corrected chi connectivity index (χ4v) is 4.41. The van der Waals surface area contributed by atoms with Crippen molar-refractivity contribution in [2.24, 2.45) is 4.99 Å². The highest BCUT2D eigenvalue weighted by atomic mass is 35.5. The zero-order valence-electron chi connectivity index (χ0n) is 12.1. The SMILES string of the molecule is COc1ccc2c(c1)CCN=C2c1sc2ccccc2c1Cl. The van der Waals surface area contributed by atoms with Crippen molar-refractivity contribution in [2.45, 2.75) is 6.42 Å². The molecule has 0 saturated carbocycles. The molecular formula is C18H14ClNOS. The molecule has 1 aromatic heterocycles. The van der Waals surface area contributed by atoms with Crippen LogP contribution in [0.3, 0.4) is 0 Å². The Labute approximate surface area is 138 Å². The van der Waals surface area contributed by atoms with Gasteiger partial charge in [0.15, 0.2) is 0 Å². The number of rotatable bonds is 2. The van der Waals surface area contributed by atoms with E-state index in [0.717, 1.165) is 39.7 Å². The second kappa shape index (κ2) is 5.41. The highest BCUT2D eigenvalue weighted by molar-refractivity contribution is 7.21. The summed E-state index contributed by atoms with van der Waals surface area (Å²) in [6, 6.07) is 14.4. The summed E-state index contributed by atoms with van der Waals surface area (Å²) in [5, 5.41) is 1.91. The van der Waals surface area contributed by atoms with Crippen molar-refractivity contribution in [3.8, 4) is 5.75 Å². The van der Waals surface area contributed by atoms with Crippen molar-refractivity contribution in [1.29, 1.82) is 0 Å².